The summed E-state index contributed by atoms with van der Waals surface area (Å²) in [4.78, 5) is 2.23. The van der Waals surface area contributed by atoms with Crippen molar-refractivity contribution in [3.05, 3.63) is 11.6 Å². The van der Waals surface area contributed by atoms with Gasteiger partial charge in [-0.2, -0.15) is 0 Å². The Kier molecular flexibility index (Phi) is 1.84. The highest BCUT2D eigenvalue weighted by atomic mass is 32.2. The molecule has 0 amide bonds. The molecule has 1 aliphatic rings. The van der Waals surface area contributed by atoms with Crippen molar-refractivity contribution in [1.29, 1.82) is 0 Å². The quantitative estimate of drug-likeness (QED) is 0.488. The molecule has 1 aliphatic heterocycles. The van der Waals surface area contributed by atoms with E-state index in [4.69, 9.17) is 0 Å². The molecule has 0 saturated heterocycles. The lowest BCUT2D eigenvalue weighted by Gasteiger charge is -2.25. The maximum absolute atomic E-state index is 2.23. The van der Waals surface area contributed by atoms with Crippen LogP contribution in [0.3, 0.4) is 0 Å². The summed E-state index contributed by atoms with van der Waals surface area (Å²) in [5.41, 5.74) is 0. The summed E-state index contributed by atoms with van der Waals surface area (Å²) in [6.45, 7) is 2.23. The zero-order chi connectivity index (χ0) is 5.98. The predicted molar refractivity (Wildman–Crippen MR) is 38.8 cm³/mol. The lowest BCUT2D eigenvalue weighted by atomic mass is 10.4. The summed E-state index contributed by atoms with van der Waals surface area (Å²) >= 11 is 1.88. The van der Waals surface area contributed by atoms with Crippen LogP contribution >= 0.6 is 11.8 Å². The highest BCUT2D eigenvalue weighted by molar-refractivity contribution is 8.02. The molecule has 1 atom stereocenters. The van der Waals surface area contributed by atoms with Crippen LogP contribution in [-0.2, 0) is 0 Å². The fraction of sp³-hybridized carbons (Fsp3) is 0.667. The van der Waals surface area contributed by atoms with Crippen LogP contribution in [0.1, 0.15) is 6.92 Å². The smallest absolute Gasteiger partial charge is 0.0346 e. The van der Waals surface area contributed by atoms with Gasteiger partial charge < -0.3 is 4.90 Å². The van der Waals surface area contributed by atoms with Gasteiger partial charge in [0.1, 0.15) is 0 Å². The van der Waals surface area contributed by atoms with Gasteiger partial charge in [-0.3, -0.25) is 0 Å². The van der Waals surface area contributed by atoms with E-state index in [0.29, 0.717) is 6.04 Å². The van der Waals surface area contributed by atoms with E-state index in [9.17, 15) is 0 Å². The third kappa shape index (κ3) is 1.19. The van der Waals surface area contributed by atoms with E-state index in [2.05, 4.69) is 30.5 Å². The first-order valence-electron chi connectivity index (χ1n) is 2.81. The Bertz CT molecular complexity index is 101. The monoisotopic (exact) mass is 129 g/mol. The molecule has 1 unspecified atom stereocenters. The minimum Gasteiger partial charge on any atom is -0.376 e. The Labute approximate surface area is 54.8 Å². The molecule has 8 heavy (non-hydrogen) atoms. The minimum atomic E-state index is 0.713. The predicted octanol–water partition coefficient (Wildman–Crippen LogP) is 1.52. The van der Waals surface area contributed by atoms with Gasteiger partial charge >= 0.3 is 0 Å². The molecule has 0 aromatic rings. The Morgan fingerprint density at radius 3 is 2.88 bits per heavy atom. The van der Waals surface area contributed by atoms with Crippen molar-refractivity contribution in [2.75, 3.05) is 12.8 Å². The molecule has 46 valence electrons. The van der Waals surface area contributed by atoms with Crippen LogP contribution in [0.5, 0.6) is 0 Å². The second kappa shape index (κ2) is 2.44. The second-order valence-corrected chi connectivity index (χ2v) is 3.07. The average Bonchev–Trinajstić information content (AvgIpc) is 1.77. The molecule has 1 heterocycles. The summed E-state index contributed by atoms with van der Waals surface area (Å²) in [5, 5.41) is 2.14. The van der Waals surface area contributed by atoms with E-state index in [0.717, 1.165) is 0 Å². The zero-order valence-corrected chi connectivity index (χ0v) is 6.11. The number of hydrogen-bond acceptors (Lipinski definition) is 2. The van der Waals surface area contributed by atoms with E-state index < -0.39 is 0 Å². The van der Waals surface area contributed by atoms with Crippen molar-refractivity contribution in [2.24, 2.45) is 0 Å². The highest BCUT2D eigenvalue weighted by Crippen LogP contribution is 2.14. The third-order valence-corrected chi connectivity index (χ3v) is 2.41. The SMILES string of the molecule is CC1CSC=CN1C. The number of nitrogens with zero attached hydrogens (tertiary/aromatic N) is 1. The van der Waals surface area contributed by atoms with E-state index >= 15 is 0 Å². The van der Waals surface area contributed by atoms with Gasteiger partial charge in [0.2, 0.25) is 0 Å². The van der Waals surface area contributed by atoms with Crippen LogP contribution in [0.2, 0.25) is 0 Å². The van der Waals surface area contributed by atoms with Crippen molar-refractivity contribution in [2.45, 2.75) is 13.0 Å². The summed E-state index contributed by atoms with van der Waals surface area (Å²) in [5.74, 6) is 1.23. The molecule has 0 aromatic carbocycles. The molecular formula is C6H11NS. The summed E-state index contributed by atoms with van der Waals surface area (Å²) in [6.07, 6.45) is 2.12. The fourth-order valence-electron chi connectivity index (χ4n) is 0.598. The topological polar surface area (TPSA) is 3.24 Å². The number of thioether (sulfide) groups is 1. The van der Waals surface area contributed by atoms with Gasteiger partial charge in [-0.1, -0.05) is 0 Å². The molecule has 0 saturated carbocycles. The van der Waals surface area contributed by atoms with Gasteiger partial charge in [-0.25, -0.2) is 0 Å². The molecule has 0 bridgehead atoms. The summed E-state index contributed by atoms with van der Waals surface area (Å²) in [6, 6.07) is 0.713. The molecule has 0 aromatic heterocycles. The second-order valence-electron chi connectivity index (χ2n) is 2.13. The number of hydrogen-bond donors (Lipinski definition) is 0. The largest absolute Gasteiger partial charge is 0.376 e. The fourth-order valence-corrected chi connectivity index (χ4v) is 1.50. The van der Waals surface area contributed by atoms with Crippen LogP contribution < -0.4 is 0 Å². The summed E-state index contributed by atoms with van der Waals surface area (Å²) < 4.78 is 0. The molecule has 0 fully saturated rings. The van der Waals surface area contributed by atoms with E-state index in [-0.39, 0.29) is 0 Å². The Morgan fingerprint density at radius 2 is 2.50 bits per heavy atom. The zero-order valence-electron chi connectivity index (χ0n) is 5.29. The van der Waals surface area contributed by atoms with Crippen molar-refractivity contribution >= 4 is 11.8 Å². The van der Waals surface area contributed by atoms with Crippen LogP contribution in [0.15, 0.2) is 11.6 Å². The van der Waals surface area contributed by atoms with Crippen molar-refractivity contribution in [1.82, 2.24) is 4.90 Å². The molecule has 1 nitrogen and oxygen atoms in total. The van der Waals surface area contributed by atoms with Gasteiger partial charge in [-0.15, -0.1) is 11.8 Å². The van der Waals surface area contributed by atoms with E-state index in [1.165, 1.54) is 5.75 Å². The minimum absolute atomic E-state index is 0.713. The maximum atomic E-state index is 2.23. The van der Waals surface area contributed by atoms with Gasteiger partial charge in [-0.05, 0) is 12.3 Å². The van der Waals surface area contributed by atoms with Crippen LogP contribution in [0.4, 0.5) is 0 Å². The average molecular weight is 129 g/mol. The lowest BCUT2D eigenvalue weighted by Crippen LogP contribution is -2.27. The van der Waals surface area contributed by atoms with Crippen molar-refractivity contribution < 1.29 is 0 Å². The molecule has 2 heteroatoms. The first-order chi connectivity index (χ1) is 3.80. The van der Waals surface area contributed by atoms with Gasteiger partial charge in [0.05, 0.1) is 0 Å². The van der Waals surface area contributed by atoms with Gasteiger partial charge in [0, 0.05) is 25.0 Å². The van der Waals surface area contributed by atoms with Crippen LogP contribution in [0, 0.1) is 0 Å². The van der Waals surface area contributed by atoms with E-state index in [1.54, 1.807) is 0 Å². The molecule has 1 rings (SSSR count). The molecule has 0 spiro atoms. The molecule has 0 aliphatic carbocycles. The van der Waals surface area contributed by atoms with Crippen molar-refractivity contribution in [3.63, 3.8) is 0 Å². The van der Waals surface area contributed by atoms with Crippen LogP contribution in [0.25, 0.3) is 0 Å². The van der Waals surface area contributed by atoms with E-state index in [1.807, 2.05) is 11.8 Å². The lowest BCUT2D eigenvalue weighted by molar-refractivity contribution is 0.378. The Hall–Kier alpha value is -0.110. The number of rotatable bonds is 0. The molecule has 0 N–H and O–H groups in total. The first kappa shape index (κ1) is 6.02. The molecular weight excluding hydrogens is 118 g/mol. The Morgan fingerprint density at radius 1 is 1.75 bits per heavy atom. The summed E-state index contributed by atoms with van der Waals surface area (Å²) in [7, 11) is 2.11. The van der Waals surface area contributed by atoms with Gasteiger partial charge in [0.15, 0.2) is 0 Å². The van der Waals surface area contributed by atoms with Gasteiger partial charge in [0.25, 0.3) is 0 Å². The normalized spacial score (nSPS) is 28.8. The first-order valence-corrected chi connectivity index (χ1v) is 3.86. The van der Waals surface area contributed by atoms with Crippen LogP contribution in [-0.4, -0.2) is 23.7 Å². The highest BCUT2D eigenvalue weighted by Gasteiger charge is 2.06. The maximum Gasteiger partial charge on any atom is 0.0346 e. The van der Waals surface area contributed by atoms with Crippen molar-refractivity contribution in [3.8, 4) is 0 Å². The Balaban J connectivity index is 2.47. The standard InChI is InChI=1S/C6H11NS/c1-6-5-8-4-3-7(6)2/h3-4,6H,5H2,1-2H3. The third-order valence-electron chi connectivity index (χ3n) is 1.42. The molecule has 0 radical (unpaired) electrons.